The largest absolute Gasteiger partial charge is 0.477 e. The number of β-lactam (4-membered cyclic amide) rings is 1. The van der Waals surface area contributed by atoms with E-state index in [0.29, 0.717) is 27.3 Å². The number of carbonyl (C=O) groups is 4. The molecule has 4 atom stereocenters. The van der Waals surface area contributed by atoms with Gasteiger partial charge >= 0.3 is 17.7 Å². The molecular weight excluding hydrogens is 598 g/mol. The average Bonchev–Trinajstić information content (AvgIpc) is 3.64. The van der Waals surface area contributed by atoms with Crippen LogP contribution in [0.25, 0.3) is 11.0 Å². The Bertz CT molecular complexity index is 1820. The molecule has 0 aliphatic carbocycles. The van der Waals surface area contributed by atoms with E-state index < -0.39 is 47.0 Å². The van der Waals surface area contributed by atoms with E-state index in [2.05, 4.69) is 36.2 Å². The first-order valence-electron chi connectivity index (χ1n) is 12.9. The Hall–Kier alpha value is -4.90. The number of nitrogens with zero attached hydrogens (tertiary/aromatic N) is 5. The molecule has 1 saturated heterocycles. The predicted molar refractivity (Wildman–Crippen MR) is 155 cm³/mol. The van der Waals surface area contributed by atoms with E-state index >= 15 is 0 Å². The SMILES string of the molecule is CC(Sc1nn[nH]n1)C1=C(C(=O)O)N2C(=O)C(NC(=O)C(NC(=O)n3c(=O)[nH]c4ccccc43)c3ccccc3)[C@@H]2SC1. The summed E-state index contributed by atoms with van der Waals surface area (Å²) in [6.07, 6.45) is 0. The number of aliphatic carboxylic acids is 1. The van der Waals surface area contributed by atoms with Crippen LogP contribution in [0, 0.1) is 0 Å². The lowest BCUT2D eigenvalue weighted by atomic mass is 10.00. The van der Waals surface area contributed by atoms with Crippen LogP contribution in [0.3, 0.4) is 0 Å². The van der Waals surface area contributed by atoms with E-state index in [-0.39, 0.29) is 16.7 Å². The number of tetrazole rings is 1. The molecule has 3 amide bonds. The molecule has 15 nitrogen and oxygen atoms in total. The number of aromatic amines is 2. The van der Waals surface area contributed by atoms with Crippen LogP contribution in [0.4, 0.5) is 4.79 Å². The van der Waals surface area contributed by atoms with E-state index in [9.17, 15) is 29.1 Å². The third-order valence-corrected chi connectivity index (χ3v) is 9.38. The summed E-state index contributed by atoms with van der Waals surface area (Å²) < 4.78 is 0.894. The van der Waals surface area contributed by atoms with E-state index in [4.69, 9.17) is 0 Å². The van der Waals surface area contributed by atoms with Crippen molar-refractivity contribution in [2.24, 2.45) is 0 Å². The second-order valence-corrected chi connectivity index (χ2v) is 12.0. The molecule has 220 valence electrons. The van der Waals surface area contributed by atoms with E-state index in [0.717, 1.165) is 4.57 Å². The van der Waals surface area contributed by atoms with Gasteiger partial charge in [0, 0.05) is 11.0 Å². The molecule has 6 rings (SSSR count). The fourth-order valence-corrected chi connectivity index (χ4v) is 7.43. The van der Waals surface area contributed by atoms with Crippen LogP contribution in [-0.4, -0.2) is 86.4 Å². The number of fused-ring (bicyclic) bond motifs is 2. The molecule has 17 heteroatoms. The quantitative estimate of drug-likeness (QED) is 0.139. The van der Waals surface area contributed by atoms with Crippen molar-refractivity contribution in [3.8, 4) is 0 Å². The van der Waals surface area contributed by atoms with Crippen molar-refractivity contribution in [1.29, 1.82) is 0 Å². The Labute approximate surface area is 250 Å². The molecular formula is C26H23N9O6S2. The van der Waals surface area contributed by atoms with Gasteiger partial charge in [0.15, 0.2) is 0 Å². The number of carbonyl (C=O) groups excluding carboxylic acids is 3. The monoisotopic (exact) mass is 621 g/mol. The number of aromatic nitrogens is 6. The lowest BCUT2D eigenvalue weighted by molar-refractivity contribution is -0.151. The van der Waals surface area contributed by atoms with Crippen molar-refractivity contribution in [1.82, 2.24) is 45.7 Å². The van der Waals surface area contributed by atoms with E-state index in [1.807, 2.05) is 0 Å². The third-order valence-electron chi connectivity index (χ3n) is 7.05. The molecule has 4 aromatic rings. The zero-order valence-corrected chi connectivity index (χ0v) is 23.9. The van der Waals surface area contributed by atoms with Crippen LogP contribution in [0.15, 0.2) is 75.8 Å². The highest BCUT2D eigenvalue weighted by Crippen LogP contribution is 2.43. The number of hydrogen-bond acceptors (Lipinski definition) is 10. The molecule has 3 unspecified atom stereocenters. The zero-order chi connectivity index (χ0) is 30.2. The molecule has 1 fully saturated rings. The van der Waals surface area contributed by atoms with Crippen LogP contribution < -0.4 is 16.3 Å². The van der Waals surface area contributed by atoms with Gasteiger partial charge in [0.1, 0.15) is 23.2 Å². The number of carboxylic acids is 1. The highest BCUT2D eigenvalue weighted by molar-refractivity contribution is 8.01. The maximum absolute atomic E-state index is 13.6. The molecule has 4 heterocycles. The molecule has 43 heavy (non-hydrogen) atoms. The molecule has 2 aliphatic rings. The molecule has 2 aromatic carbocycles. The lowest BCUT2D eigenvalue weighted by Gasteiger charge is -2.50. The first-order chi connectivity index (χ1) is 20.7. The van der Waals surface area contributed by atoms with Gasteiger partial charge in [-0.25, -0.2) is 19.0 Å². The summed E-state index contributed by atoms with van der Waals surface area (Å²) in [6.45, 7) is 1.79. The maximum atomic E-state index is 13.6. The summed E-state index contributed by atoms with van der Waals surface area (Å²) in [5.41, 5.74) is 0.891. The molecule has 0 spiro atoms. The fraction of sp³-hybridized carbons (Fsp3) is 0.231. The highest BCUT2D eigenvalue weighted by atomic mass is 32.2. The Balaban J connectivity index is 1.23. The Kier molecular flexibility index (Phi) is 7.49. The summed E-state index contributed by atoms with van der Waals surface area (Å²) in [5.74, 6) is -2.27. The van der Waals surface area contributed by atoms with Gasteiger partial charge in [-0.1, -0.05) is 54.2 Å². The van der Waals surface area contributed by atoms with Gasteiger partial charge in [-0.3, -0.25) is 14.5 Å². The average molecular weight is 622 g/mol. The van der Waals surface area contributed by atoms with Gasteiger partial charge in [-0.2, -0.15) is 5.21 Å². The van der Waals surface area contributed by atoms with Crippen LogP contribution in [0.2, 0.25) is 0 Å². The number of thioether (sulfide) groups is 2. The number of hydrogen-bond donors (Lipinski definition) is 5. The first-order valence-corrected chi connectivity index (χ1v) is 14.8. The number of nitrogens with one attached hydrogen (secondary N) is 4. The zero-order valence-electron chi connectivity index (χ0n) is 22.3. The van der Waals surface area contributed by atoms with Gasteiger partial charge in [0.05, 0.1) is 11.0 Å². The number of amides is 3. The lowest BCUT2D eigenvalue weighted by Crippen LogP contribution is -2.71. The maximum Gasteiger partial charge on any atom is 0.352 e. The second kappa shape index (κ2) is 11.4. The van der Waals surface area contributed by atoms with Crippen molar-refractivity contribution in [3.05, 3.63) is 81.9 Å². The Morgan fingerprint density at radius 2 is 1.86 bits per heavy atom. The topological polar surface area (TPSA) is 208 Å². The summed E-state index contributed by atoms with van der Waals surface area (Å²) in [5, 5.41) is 28.3. The van der Waals surface area contributed by atoms with Crippen molar-refractivity contribution >= 4 is 58.4 Å². The number of H-pyrrole nitrogens is 2. The number of imidazole rings is 1. The summed E-state index contributed by atoms with van der Waals surface area (Å²) >= 11 is 2.52. The van der Waals surface area contributed by atoms with Crippen molar-refractivity contribution < 1.29 is 24.3 Å². The predicted octanol–water partition coefficient (Wildman–Crippen LogP) is 1.06. The van der Waals surface area contributed by atoms with E-state index in [1.54, 1.807) is 61.5 Å². The van der Waals surface area contributed by atoms with Crippen LogP contribution in [0.1, 0.15) is 18.5 Å². The Morgan fingerprint density at radius 1 is 1.12 bits per heavy atom. The molecule has 0 radical (unpaired) electrons. The minimum atomic E-state index is -1.27. The number of carboxylic acid groups (broad SMARTS) is 1. The molecule has 5 N–H and O–H groups in total. The smallest absolute Gasteiger partial charge is 0.352 e. The molecule has 2 aliphatic heterocycles. The number of benzene rings is 2. The Morgan fingerprint density at radius 3 is 2.58 bits per heavy atom. The van der Waals surface area contributed by atoms with Gasteiger partial charge in [-0.15, -0.1) is 22.0 Å². The minimum Gasteiger partial charge on any atom is -0.477 e. The van der Waals surface area contributed by atoms with Crippen molar-refractivity contribution in [3.63, 3.8) is 0 Å². The standard InChI is InChI=1S/C26H23N9O6S2/c1-12(43-24-30-32-33-31-24)14-11-42-22-18(21(37)35(22)19(14)23(38)39)28-20(36)17(13-7-3-2-4-8-13)29-26(41)34-16-10-6-5-9-15(16)27-25(34)40/h2-10,12,17-18,22H,11H2,1H3,(H,27,40)(H,28,36)(H,29,41)(H,38,39)(H,30,31,32,33)/t12?,17?,18?,22-/m0/s1. The van der Waals surface area contributed by atoms with Gasteiger partial charge < -0.3 is 20.7 Å². The first kappa shape index (κ1) is 28.2. The van der Waals surface area contributed by atoms with Gasteiger partial charge in [-0.05, 0) is 35.4 Å². The van der Waals surface area contributed by atoms with Crippen LogP contribution >= 0.6 is 23.5 Å². The number of para-hydroxylation sites is 2. The normalized spacial score (nSPS) is 19.4. The van der Waals surface area contributed by atoms with Gasteiger partial charge in [0.25, 0.3) is 5.91 Å². The van der Waals surface area contributed by atoms with Crippen molar-refractivity contribution in [2.75, 3.05) is 5.75 Å². The van der Waals surface area contributed by atoms with E-state index in [1.165, 1.54) is 28.4 Å². The molecule has 0 saturated carbocycles. The highest BCUT2D eigenvalue weighted by Gasteiger charge is 2.55. The fourth-order valence-electron chi connectivity index (χ4n) is 5.01. The minimum absolute atomic E-state index is 0.144. The van der Waals surface area contributed by atoms with Crippen LogP contribution in [0.5, 0.6) is 0 Å². The summed E-state index contributed by atoms with van der Waals surface area (Å²) in [6, 6.07) is 11.9. The second-order valence-electron chi connectivity index (χ2n) is 9.61. The molecule has 0 bridgehead atoms. The third kappa shape index (κ3) is 5.16. The molecule has 2 aromatic heterocycles. The summed E-state index contributed by atoms with van der Waals surface area (Å²) in [7, 11) is 0. The summed E-state index contributed by atoms with van der Waals surface area (Å²) in [4.78, 5) is 68.9. The van der Waals surface area contributed by atoms with Crippen LogP contribution in [-0.2, 0) is 14.4 Å². The van der Waals surface area contributed by atoms with Crippen molar-refractivity contribution in [2.45, 2.75) is 34.8 Å². The number of rotatable bonds is 8. The van der Waals surface area contributed by atoms with Gasteiger partial charge in [0.2, 0.25) is 11.1 Å².